The highest BCUT2D eigenvalue weighted by Crippen LogP contribution is 2.36. The molecule has 6 aromatic rings. The van der Waals surface area contributed by atoms with Crippen molar-refractivity contribution in [3.8, 4) is 33.8 Å². The number of hydrogen-bond donors (Lipinski definition) is 4. The van der Waals surface area contributed by atoms with Gasteiger partial charge in [0, 0.05) is 41.4 Å². The molecule has 2 saturated heterocycles. The van der Waals surface area contributed by atoms with Crippen molar-refractivity contribution in [2.24, 2.45) is 5.92 Å². The van der Waals surface area contributed by atoms with Crippen molar-refractivity contribution < 1.29 is 33.0 Å². The molecule has 0 saturated carbocycles. The van der Waals surface area contributed by atoms with Gasteiger partial charge in [-0.25, -0.2) is 28.9 Å². The van der Waals surface area contributed by atoms with E-state index in [0.29, 0.717) is 70.4 Å². The zero-order valence-corrected chi connectivity index (χ0v) is 34.9. The van der Waals surface area contributed by atoms with Crippen molar-refractivity contribution >= 4 is 34.9 Å². The average molecular weight is 842 g/mol. The Kier molecular flexibility index (Phi) is 12.0. The van der Waals surface area contributed by atoms with Gasteiger partial charge in [-0.3, -0.25) is 9.59 Å². The van der Waals surface area contributed by atoms with Gasteiger partial charge < -0.3 is 39.9 Å². The molecule has 3 aromatic carbocycles. The molecule has 16 heteroatoms. The maximum absolute atomic E-state index is 15.9. The fraction of sp³-hybridized carbons (Fsp3) is 0.326. The number of likely N-dealkylation sites (tertiary alicyclic amines) is 2. The third kappa shape index (κ3) is 8.44. The fourth-order valence-corrected chi connectivity index (χ4v) is 8.42. The van der Waals surface area contributed by atoms with Gasteiger partial charge in [-0.15, -0.1) is 0 Å². The third-order valence-electron chi connectivity index (χ3n) is 11.7. The van der Waals surface area contributed by atoms with Crippen LogP contribution in [-0.2, 0) is 19.1 Å². The minimum absolute atomic E-state index is 0.136. The van der Waals surface area contributed by atoms with E-state index in [2.05, 4.69) is 25.6 Å². The molecule has 0 radical (unpaired) electrons. The van der Waals surface area contributed by atoms with E-state index in [1.165, 1.54) is 20.3 Å². The van der Waals surface area contributed by atoms with Crippen LogP contribution in [0.4, 0.5) is 14.0 Å². The monoisotopic (exact) mass is 841 g/mol. The van der Waals surface area contributed by atoms with Crippen LogP contribution in [0.3, 0.4) is 0 Å². The molecule has 4 atom stereocenters. The summed E-state index contributed by atoms with van der Waals surface area (Å²) in [4.78, 5) is 76.1. The highest BCUT2D eigenvalue weighted by Gasteiger charge is 2.39. The van der Waals surface area contributed by atoms with Gasteiger partial charge in [0.25, 0.3) is 5.91 Å². The molecule has 320 valence electrons. The van der Waals surface area contributed by atoms with Crippen molar-refractivity contribution in [2.75, 3.05) is 27.3 Å². The second-order valence-corrected chi connectivity index (χ2v) is 15.9. The van der Waals surface area contributed by atoms with Crippen LogP contribution in [-0.4, -0.2) is 92.1 Å². The molecule has 0 bridgehead atoms. The molecule has 5 heterocycles. The Bertz CT molecular complexity index is 2610. The Morgan fingerprint density at radius 2 is 1.47 bits per heavy atom. The van der Waals surface area contributed by atoms with Crippen molar-refractivity contribution in [1.82, 2.24) is 45.4 Å². The first-order valence-electron chi connectivity index (χ1n) is 20.7. The van der Waals surface area contributed by atoms with Gasteiger partial charge in [-0.05, 0) is 67.5 Å². The van der Waals surface area contributed by atoms with E-state index in [1.54, 1.807) is 58.5 Å². The summed E-state index contributed by atoms with van der Waals surface area (Å²) in [6, 6.07) is 21.1. The SMILES string of the molecule is COC(=O)N[C@H](C(=O)N1CCCC1c1nc(-c2ccc3nc(-c4ccc(-c5cnc([C@@H]6CCCN6C(=O)[C@H](NC(=O)OC)c6ccccc6)[nH]5)cc4F)ccc3c2)c[nH]1)C(C)C. The number of methoxy groups -OCH3 is 2. The predicted octanol–water partition coefficient (Wildman–Crippen LogP) is 7.63. The summed E-state index contributed by atoms with van der Waals surface area (Å²) in [6.45, 7) is 4.81. The maximum Gasteiger partial charge on any atom is 0.407 e. The summed E-state index contributed by atoms with van der Waals surface area (Å²) in [5, 5.41) is 6.20. The number of rotatable bonds is 11. The Morgan fingerprint density at radius 3 is 2.18 bits per heavy atom. The molecule has 2 aliphatic rings. The van der Waals surface area contributed by atoms with Gasteiger partial charge in [-0.1, -0.05) is 62.4 Å². The lowest BCUT2D eigenvalue weighted by Gasteiger charge is -2.29. The Morgan fingerprint density at radius 1 is 0.774 bits per heavy atom. The number of aromatic amines is 2. The molecule has 62 heavy (non-hydrogen) atoms. The van der Waals surface area contributed by atoms with Crippen LogP contribution in [0.1, 0.15) is 74.9 Å². The zero-order valence-electron chi connectivity index (χ0n) is 34.9. The van der Waals surface area contributed by atoms with Crippen LogP contribution in [0.5, 0.6) is 0 Å². The van der Waals surface area contributed by atoms with Crippen LogP contribution in [0.2, 0.25) is 0 Å². The summed E-state index contributed by atoms with van der Waals surface area (Å²) < 4.78 is 25.5. The Balaban J connectivity index is 0.961. The standard InChI is InChI=1S/C46H48FN9O6/c1-26(2)39(53-45(59)61-3)43(57)55-20-8-12-37(55)41-48-24-35(51-41)29-15-18-33-28(22-29)16-19-34(50-33)31-17-14-30(23-32(31)47)36-25-49-42(52-36)38-13-9-21-56(38)44(58)40(54-46(60)62-4)27-10-6-5-7-11-27/h5-7,10-11,14-19,22-26,37-40H,8-9,12-13,20-21H2,1-4H3,(H,48,51)(H,49,52)(H,53,59)(H,54,60)/t37?,38-,39-,40+/m0/s1. The van der Waals surface area contributed by atoms with Crippen molar-refractivity contribution in [1.29, 1.82) is 0 Å². The molecule has 0 spiro atoms. The number of nitrogens with one attached hydrogen (secondary N) is 4. The van der Waals surface area contributed by atoms with Gasteiger partial charge in [-0.2, -0.15) is 0 Å². The van der Waals surface area contributed by atoms with Crippen LogP contribution in [0.25, 0.3) is 44.7 Å². The zero-order chi connectivity index (χ0) is 43.5. The van der Waals surface area contributed by atoms with Crippen LogP contribution in [0.15, 0.2) is 91.3 Å². The first-order chi connectivity index (χ1) is 30.0. The molecule has 4 N–H and O–H groups in total. The van der Waals surface area contributed by atoms with Crippen molar-refractivity contribution in [3.05, 3.63) is 114 Å². The molecule has 8 rings (SSSR count). The summed E-state index contributed by atoms with van der Waals surface area (Å²) in [6.07, 6.45) is 5.07. The largest absolute Gasteiger partial charge is 0.453 e. The van der Waals surface area contributed by atoms with Gasteiger partial charge in [0.1, 0.15) is 29.5 Å². The number of carbonyl (C=O) groups is 4. The van der Waals surface area contributed by atoms with Crippen molar-refractivity contribution in [3.63, 3.8) is 0 Å². The predicted molar refractivity (Wildman–Crippen MR) is 229 cm³/mol. The number of ether oxygens (including phenoxy) is 2. The van der Waals surface area contributed by atoms with Crippen LogP contribution < -0.4 is 10.6 Å². The number of nitrogens with zero attached hydrogens (tertiary/aromatic N) is 5. The first-order valence-corrected chi connectivity index (χ1v) is 20.7. The number of hydrogen-bond acceptors (Lipinski definition) is 9. The quantitative estimate of drug-likeness (QED) is 0.102. The number of pyridine rings is 1. The highest BCUT2D eigenvalue weighted by molar-refractivity contribution is 5.88. The fourth-order valence-electron chi connectivity index (χ4n) is 8.42. The van der Waals surface area contributed by atoms with E-state index >= 15 is 4.39 Å². The first kappa shape index (κ1) is 41.6. The molecule has 1 unspecified atom stereocenters. The maximum atomic E-state index is 15.9. The molecular formula is C46H48FN9O6. The summed E-state index contributed by atoms with van der Waals surface area (Å²) in [5.41, 5.74) is 4.87. The topological polar surface area (TPSA) is 188 Å². The van der Waals surface area contributed by atoms with E-state index in [0.717, 1.165) is 30.2 Å². The van der Waals surface area contributed by atoms with Gasteiger partial charge >= 0.3 is 12.2 Å². The summed E-state index contributed by atoms with van der Waals surface area (Å²) >= 11 is 0. The minimum Gasteiger partial charge on any atom is -0.453 e. The lowest BCUT2D eigenvalue weighted by molar-refractivity contribution is -0.135. The minimum atomic E-state index is -0.938. The summed E-state index contributed by atoms with van der Waals surface area (Å²) in [7, 11) is 2.53. The summed E-state index contributed by atoms with van der Waals surface area (Å²) in [5.74, 6) is 0.199. The molecule has 15 nitrogen and oxygen atoms in total. The number of amides is 4. The number of carbonyl (C=O) groups excluding carboxylic acids is 4. The van der Waals surface area contributed by atoms with Gasteiger partial charge in [0.05, 0.1) is 55.1 Å². The van der Waals surface area contributed by atoms with E-state index < -0.39 is 30.1 Å². The smallest absolute Gasteiger partial charge is 0.407 e. The number of alkyl carbamates (subject to hydrolysis) is 2. The van der Waals surface area contributed by atoms with E-state index in [9.17, 15) is 19.2 Å². The molecule has 3 aromatic heterocycles. The molecule has 0 aliphatic carbocycles. The second-order valence-electron chi connectivity index (χ2n) is 15.9. The third-order valence-corrected chi connectivity index (χ3v) is 11.7. The van der Waals surface area contributed by atoms with E-state index in [1.807, 2.05) is 50.4 Å². The number of H-pyrrole nitrogens is 2. The van der Waals surface area contributed by atoms with E-state index in [-0.39, 0.29) is 29.8 Å². The Hall–Kier alpha value is -7.10. The van der Waals surface area contributed by atoms with Gasteiger partial charge in [0.15, 0.2) is 0 Å². The average Bonchev–Trinajstić information content (AvgIpc) is 4.14. The number of imidazole rings is 2. The Labute approximate surface area is 357 Å². The van der Waals surface area contributed by atoms with Crippen LogP contribution in [0, 0.1) is 11.7 Å². The molecule has 4 amide bonds. The second kappa shape index (κ2) is 17.9. The number of fused-ring (bicyclic) bond motifs is 1. The lowest BCUT2D eigenvalue weighted by Crippen LogP contribution is -2.51. The number of benzene rings is 3. The van der Waals surface area contributed by atoms with E-state index in [4.69, 9.17) is 19.4 Å². The number of aromatic nitrogens is 5. The molecular weight excluding hydrogens is 794 g/mol. The van der Waals surface area contributed by atoms with Crippen molar-refractivity contribution in [2.45, 2.75) is 63.7 Å². The lowest BCUT2D eigenvalue weighted by atomic mass is 10.0. The number of halogens is 1. The molecule has 2 fully saturated rings. The highest BCUT2D eigenvalue weighted by atomic mass is 19.1. The normalized spacial score (nSPS) is 17.3. The van der Waals surface area contributed by atoms with Crippen LogP contribution >= 0.6 is 0 Å². The van der Waals surface area contributed by atoms with Gasteiger partial charge in [0.2, 0.25) is 5.91 Å². The molecule has 2 aliphatic heterocycles.